The zero-order valence-electron chi connectivity index (χ0n) is 12.8. The molecule has 2 aromatic heterocycles. The molecule has 0 aliphatic heterocycles. The smallest absolute Gasteiger partial charge is 0.197 e. The third kappa shape index (κ3) is 2.38. The molecule has 1 N–H and O–H groups in total. The molecule has 0 saturated carbocycles. The van der Waals surface area contributed by atoms with E-state index in [1.807, 2.05) is 24.3 Å². The molecule has 4 aromatic rings. The summed E-state index contributed by atoms with van der Waals surface area (Å²) >= 11 is 0. The highest BCUT2D eigenvalue weighted by atomic mass is 19.1. The predicted octanol–water partition coefficient (Wildman–Crippen LogP) is 4.35. The molecule has 0 saturated heterocycles. The van der Waals surface area contributed by atoms with E-state index in [2.05, 4.69) is 20.5 Å². The third-order valence-electron chi connectivity index (χ3n) is 3.75. The molecule has 0 fully saturated rings. The minimum Gasteiger partial charge on any atom is -0.450 e. The minimum absolute atomic E-state index is 0.322. The Morgan fingerprint density at radius 1 is 1.08 bits per heavy atom. The van der Waals surface area contributed by atoms with Gasteiger partial charge in [-0.25, -0.2) is 14.4 Å². The van der Waals surface area contributed by atoms with Crippen LogP contribution in [0.2, 0.25) is 0 Å². The standard InChI is InChI=1S/C18H13FN4O/c1-11(12-6-2-4-8-14(12)19)22-23-18-17-16(20-10-21-18)13-7-3-5-9-15(13)24-17/h2-10H,1H3,(H,20,21,23)/b22-11-. The van der Waals surface area contributed by atoms with Crippen molar-refractivity contribution >= 4 is 33.6 Å². The second-order valence-electron chi connectivity index (χ2n) is 5.29. The topological polar surface area (TPSA) is 63.3 Å². The van der Waals surface area contributed by atoms with Crippen LogP contribution in [0.3, 0.4) is 0 Å². The maximum Gasteiger partial charge on any atom is 0.197 e. The maximum atomic E-state index is 13.8. The summed E-state index contributed by atoms with van der Waals surface area (Å²) in [6.07, 6.45) is 1.45. The van der Waals surface area contributed by atoms with Gasteiger partial charge in [0.05, 0.1) is 5.71 Å². The second kappa shape index (κ2) is 5.73. The number of nitrogens with one attached hydrogen (secondary N) is 1. The summed E-state index contributed by atoms with van der Waals surface area (Å²) in [5, 5.41) is 5.13. The molecule has 0 unspecified atom stereocenters. The van der Waals surface area contributed by atoms with E-state index in [0.29, 0.717) is 28.2 Å². The van der Waals surface area contributed by atoms with Crippen molar-refractivity contribution in [2.75, 3.05) is 5.43 Å². The molecule has 0 aliphatic carbocycles. The average molecular weight is 320 g/mol. The lowest BCUT2D eigenvalue weighted by atomic mass is 10.1. The Labute approximate surface area is 136 Å². The Morgan fingerprint density at radius 2 is 1.88 bits per heavy atom. The maximum absolute atomic E-state index is 13.8. The molecule has 0 radical (unpaired) electrons. The largest absolute Gasteiger partial charge is 0.450 e. The predicted molar refractivity (Wildman–Crippen MR) is 91.5 cm³/mol. The number of hydrazone groups is 1. The summed E-state index contributed by atoms with van der Waals surface area (Å²) in [6.45, 7) is 1.72. The van der Waals surface area contributed by atoms with Crippen molar-refractivity contribution < 1.29 is 8.81 Å². The molecule has 2 aromatic carbocycles. The number of fused-ring (bicyclic) bond motifs is 3. The first-order valence-electron chi connectivity index (χ1n) is 7.41. The van der Waals surface area contributed by atoms with Crippen LogP contribution in [0, 0.1) is 5.82 Å². The van der Waals surface area contributed by atoms with Gasteiger partial charge in [-0.1, -0.05) is 30.3 Å². The van der Waals surface area contributed by atoms with Gasteiger partial charge in [0.2, 0.25) is 0 Å². The van der Waals surface area contributed by atoms with E-state index >= 15 is 0 Å². The molecule has 0 spiro atoms. The quantitative estimate of drug-likeness (QED) is 0.450. The Bertz CT molecular complexity index is 1070. The number of benzene rings is 2. The molecule has 4 rings (SSSR count). The highest BCUT2D eigenvalue weighted by Gasteiger charge is 2.12. The van der Waals surface area contributed by atoms with E-state index in [4.69, 9.17) is 4.42 Å². The van der Waals surface area contributed by atoms with Gasteiger partial charge in [0.1, 0.15) is 23.2 Å². The fourth-order valence-corrected chi connectivity index (χ4v) is 2.55. The summed E-state index contributed by atoms with van der Waals surface area (Å²) in [7, 11) is 0. The first-order chi connectivity index (χ1) is 11.7. The molecular formula is C18H13FN4O. The van der Waals surface area contributed by atoms with Crippen LogP contribution in [0.5, 0.6) is 0 Å². The van der Waals surface area contributed by atoms with Gasteiger partial charge < -0.3 is 4.42 Å². The van der Waals surface area contributed by atoms with Gasteiger partial charge in [0.25, 0.3) is 0 Å². The number of anilines is 1. The lowest BCUT2D eigenvalue weighted by Gasteiger charge is -2.04. The number of nitrogens with zero attached hydrogens (tertiary/aromatic N) is 3. The second-order valence-corrected chi connectivity index (χ2v) is 5.29. The number of aromatic nitrogens is 2. The normalized spacial score (nSPS) is 12.0. The highest BCUT2D eigenvalue weighted by molar-refractivity contribution is 6.05. The van der Waals surface area contributed by atoms with Crippen LogP contribution in [0.4, 0.5) is 10.2 Å². The number of para-hydroxylation sites is 1. The molecule has 2 heterocycles. The summed E-state index contributed by atoms with van der Waals surface area (Å²) in [4.78, 5) is 8.45. The molecule has 6 heteroatoms. The van der Waals surface area contributed by atoms with Gasteiger partial charge in [0, 0.05) is 10.9 Å². The van der Waals surface area contributed by atoms with E-state index in [1.54, 1.807) is 25.1 Å². The molecule has 24 heavy (non-hydrogen) atoms. The van der Waals surface area contributed by atoms with E-state index in [9.17, 15) is 4.39 Å². The lowest BCUT2D eigenvalue weighted by molar-refractivity contribution is 0.625. The van der Waals surface area contributed by atoms with Gasteiger partial charge in [0.15, 0.2) is 11.4 Å². The van der Waals surface area contributed by atoms with Crippen molar-refractivity contribution in [3.63, 3.8) is 0 Å². The Kier molecular flexibility index (Phi) is 3.42. The van der Waals surface area contributed by atoms with Gasteiger partial charge in [-0.2, -0.15) is 5.10 Å². The molecule has 0 amide bonds. The average Bonchev–Trinajstić information content (AvgIpc) is 2.99. The Hall–Kier alpha value is -3.28. The summed E-state index contributed by atoms with van der Waals surface area (Å²) in [5.41, 5.74) is 5.75. The molecule has 0 atom stereocenters. The van der Waals surface area contributed by atoms with Crippen LogP contribution in [-0.2, 0) is 0 Å². The fourth-order valence-electron chi connectivity index (χ4n) is 2.55. The van der Waals surface area contributed by atoms with E-state index < -0.39 is 0 Å². The minimum atomic E-state index is -0.322. The highest BCUT2D eigenvalue weighted by Crippen LogP contribution is 2.30. The zero-order chi connectivity index (χ0) is 16.5. The SMILES string of the molecule is C/C(=N/Nc1ncnc2c1oc1ccccc12)c1ccccc1F. The summed E-state index contributed by atoms with van der Waals surface area (Å²) < 4.78 is 19.6. The number of hydrogen-bond donors (Lipinski definition) is 1. The number of halogens is 1. The summed E-state index contributed by atoms with van der Waals surface area (Å²) in [5.74, 6) is 0.115. The van der Waals surface area contributed by atoms with Crippen LogP contribution < -0.4 is 5.43 Å². The number of hydrogen-bond acceptors (Lipinski definition) is 5. The van der Waals surface area contributed by atoms with Crippen molar-refractivity contribution in [1.82, 2.24) is 9.97 Å². The van der Waals surface area contributed by atoms with Gasteiger partial charge in [-0.3, -0.25) is 5.43 Å². The van der Waals surface area contributed by atoms with E-state index in [1.165, 1.54) is 12.4 Å². The first-order valence-corrected chi connectivity index (χ1v) is 7.41. The van der Waals surface area contributed by atoms with Crippen molar-refractivity contribution in [3.05, 3.63) is 66.2 Å². The van der Waals surface area contributed by atoms with E-state index in [0.717, 1.165) is 11.0 Å². The van der Waals surface area contributed by atoms with Crippen molar-refractivity contribution in [1.29, 1.82) is 0 Å². The Morgan fingerprint density at radius 3 is 2.75 bits per heavy atom. The van der Waals surface area contributed by atoms with Crippen molar-refractivity contribution in [2.24, 2.45) is 5.10 Å². The zero-order valence-corrected chi connectivity index (χ0v) is 12.8. The Balaban J connectivity index is 1.75. The molecular weight excluding hydrogens is 307 g/mol. The summed E-state index contributed by atoms with van der Waals surface area (Å²) in [6, 6.07) is 14.1. The van der Waals surface area contributed by atoms with Crippen LogP contribution in [0.25, 0.3) is 22.1 Å². The fraction of sp³-hybridized carbons (Fsp3) is 0.0556. The molecule has 0 bridgehead atoms. The lowest BCUT2D eigenvalue weighted by Crippen LogP contribution is -2.03. The monoisotopic (exact) mass is 320 g/mol. The van der Waals surface area contributed by atoms with Gasteiger partial charge in [-0.15, -0.1) is 0 Å². The van der Waals surface area contributed by atoms with Crippen molar-refractivity contribution in [3.8, 4) is 0 Å². The number of furan rings is 1. The van der Waals surface area contributed by atoms with Crippen molar-refractivity contribution in [2.45, 2.75) is 6.92 Å². The van der Waals surface area contributed by atoms with Gasteiger partial charge >= 0.3 is 0 Å². The van der Waals surface area contributed by atoms with Crippen LogP contribution in [0.15, 0.2) is 64.4 Å². The molecule has 118 valence electrons. The van der Waals surface area contributed by atoms with Crippen LogP contribution >= 0.6 is 0 Å². The van der Waals surface area contributed by atoms with Crippen LogP contribution in [-0.4, -0.2) is 15.7 Å². The van der Waals surface area contributed by atoms with Gasteiger partial charge in [-0.05, 0) is 25.1 Å². The van der Waals surface area contributed by atoms with E-state index in [-0.39, 0.29) is 5.82 Å². The third-order valence-corrected chi connectivity index (χ3v) is 3.75. The first kappa shape index (κ1) is 14.3. The molecule has 0 aliphatic rings. The number of rotatable bonds is 3. The van der Waals surface area contributed by atoms with Crippen LogP contribution in [0.1, 0.15) is 12.5 Å². The molecule has 5 nitrogen and oxygen atoms in total.